The molecule has 0 aliphatic rings. The predicted octanol–water partition coefficient (Wildman–Crippen LogP) is 2.06. The van der Waals surface area contributed by atoms with Crippen LogP contribution in [-0.4, -0.2) is 29.5 Å². The van der Waals surface area contributed by atoms with E-state index in [9.17, 15) is 4.79 Å². The highest BCUT2D eigenvalue weighted by Crippen LogP contribution is 2.16. The number of methoxy groups -OCH3 is 1. The molecule has 0 bridgehead atoms. The predicted molar refractivity (Wildman–Crippen MR) is 66.1 cm³/mol. The molecule has 0 unspecified atom stereocenters. The number of aromatic nitrogens is 2. The van der Waals surface area contributed by atoms with Crippen LogP contribution in [0.1, 0.15) is 17.4 Å². The maximum Gasteiger partial charge on any atom is 0.357 e. The molecule has 0 radical (unpaired) electrons. The first-order chi connectivity index (χ1) is 8.76. The molecule has 0 atom stereocenters. The average Bonchev–Trinajstić information content (AvgIpc) is 2.88. The minimum absolute atomic E-state index is 0.340. The van der Waals surface area contributed by atoms with Crippen molar-refractivity contribution in [1.82, 2.24) is 9.78 Å². The molecule has 1 aromatic carbocycles. The molecule has 2 aromatic rings. The van der Waals surface area contributed by atoms with E-state index in [0.29, 0.717) is 12.3 Å². The van der Waals surface area contributed by atoms with Crippen LogP contribution in [0.25, 0.3) is 5.69 Å². The largest absolute Gasteiger partial charge is 0.497 e. The third kappa shape index (κ3) is 2.34. The Hall–Kier alpha value is -2.30. The second-order valence-electron chi connectivity index (χ2n) is 3.55. The smallest absolute Gasteiger partial charge is 0.357 e. The van der Waals surface area contributed by atoms with Crippen LogP contribution in [0.4, 0.5) is 0 Å². The van der Waals surface area contributed by atoms with Crippen molar-refractivity contribution in [2.45, 2.75) is 6.92 Å². The summed E-state index contributed by atoms with van der Waals surface area (Å²) >= 11 is 0. The Kier molecular flexibility index (Phi) is 3.62. The fraction of sp³-hybridized carbons (Fsp3) is 0.231. The van der Waals surface area contributed by atoms with Crippen molar-refractivity contribution < 1.29 is 14.3 Å². The fourth-order valence-electron chi connectivity index (χ4n) is 1.59. The zero-order valence-corrected chi connectivity index (χ0v) is 10.3. The molecular weight excluding hydrogens is 232 g/mol. The van der Waals surface area contributed by atoms with Crippen LogP contribution < -0.4 is 4.74 Å². The molecule has 1 aromatic heterocycles. The molecule has 0 aliphatic heterocycles. The van der Waals surface area contributed by atoms with Crippen molar-refractivity contribution in [1.29, 1.82) is 0 Å². The molecule has 0 spiro atoms. The van der Waals surface area contributed by atoms with Crippen molar-refractivity contribution in [3.05, 3.63) is 42.2 Å². The van der Waals surface area contributed by atoms with Crippen molar-refractivity contribution in [3.63, 3.8) is 0 Å². The molecule has 1 heterocycles. The molecular formula is C13H14N2O3. The Bertz CT molecular complexity index is 531. The zero-order valence-electron chi connectivity index (χ0n) is 10.3. The van der Waals surface area contributed by atoms with E-state index in [1.54, 1.807) is 26.3 Å². The monoisotopic (exact) mass is 246 g/mol. The summed E-state index contributed by atoms with van der Waals surface area (Å²) in [6.07, 6.45) is 1.57. The maximum absolute atomic E-state index is 11.7. The van der Waals surface area contributed by atoms with E-state index in [-0.39, 0.29) is 5.97 Å². The van der Waals surface area contributed by atoms with Gasteiger partial charge in [0.15, 0.2) is 5.69 Å². The molecule has 0 N–H and O–H groups in total. The fourth-order valence-corrected chi connectivity index (χ4v) is 1.59. The Morgan fingerprint density at radius 3 is 2.61 bits per heavy atom. The van der Waals surface area contributed by atoms with Gasteiger partial charge in [-0.2, -0.15) is 5.10 Å². The Morgan fingerprint density at radius 2 is 2.00 bits per heavy atom. The van der Waals surface area contributed by atoms with Gasteiger partial charge in [-0.1, -0.05) is 0 Å². The highest BCUT2D eigenvalue weighted by molar-refractivity contribution is 5.88. The highest BCUT2D eigenvalue weighted by atomic mass is 16.5. The van der Waals surface area contributed by atoms with Gasteiger partial charge in [-0.05, 0) is 37.3 Å². The summed E-state index contributed by atoms with van der Waals surface area (Å²) in [6.45, 7) is 2.11. The van der Waals surface area contributed by atoms with Crippen LogP contribution in [0.5, 0.6) is 5.75 Å². The Labute approximate surface area is 105 Å². The first-order valence-electron chi connectivity index (χ1n) is 5.62. The van der Waals surface area contributed by atoms with Crippen LogP contribution in [0.15, 0.2) is 36.5 Å². The Morgan fingerprint density at radius 1 is 1.28 bits per heavy atom. The van der Waals surface area contributed by atoms with Crippen LogP contribution in [-0.2, 0) is 4.74 Å². The summed E-state index contributed by atoms with van der Waals surface area (Å²) in [5.74, 6) is 0.370. The van der Waals surface area contributed by atoms with Gasteiger partial charge in [-0.3, -0.25) is 0 Å². The second-order valence-corrected chi connectivity index (χ2v) is 3.55. The van der Waals surface area contributed by atoms with Crippen LogP contribution >= 0.6 is 0 Å². The van der Waals surface area contributed by atoms with Gasteiger partial charge in [0.2, 0.25) is 0 Å². The van der Waals surface area contributed by atoms with E-state index in [2.05, 4.69) is 5.10 Å². The molecule has 18 heavy (non-hydrogen) atoms. The van der Waals surface area contributed by atoms with Crippen molar-refractivity contribution in [3.8, 4) is 11.4 Å². The zero-order chi connectivity index (χ0) is 13.0. The lowest BCUT2D eigenvalue weighted by molar-refractivity contribution is 0.0516. The number of carbonyl (C=O) groups excluding carboxylic acids is 1. The van der Waals surface area contributed by atoms with Gasteiger partial charge < -0.3 is 9.47 Å². The number of esters is 1. The topological polar surface area (TPSA) is 53.3 Å². The van der Waals surface area contributed by atoms with Gasteiger partial charge in [0.1, 0.15) is 5.75 Å². The quantitative estimate of drug-likeness (QED) is 0.775. The summed E-state index contributed by atoms with van der Waals surface area (Å²) in [5, 5.41) is 4.12. The summed E-state index contributed by atoms with van der Waals surface area (Å²) in [5.41, 5.74) is 1.19. The minimum atomic E-state index is -0.384. The lowest BCUT2D eigenvalue weighted by Gasteiger charge is -2.07. The highest BCUT2D eigenvalue weighted by Gasteiger charge is 2.14. The normalized spacial score (nSPS) is 10.1. The average molecular weight is 246 g/mol. The van der Waals surface area contributed by atoms with Crippen molar-refractivity contribution in [2.75, 3.05) is 13.7 Å². The summed E-state index contributed by atoms with van der Waals surface area (Å²) in [7, 11) is 1.60. The van der Waals surface area contributed by atoms with Crippen LogP contribution in [0, 0.1) is 0 Å². The van der Waals surface area contributed by atoms with Crippen molar-refractivity contribution in [2.24, 2.45) is 0 Å². The van der Waals surface area contributed by atoms with E-state index < -0.39 is 0 Å². The Balaban J connectivity index is 2.32. The second kappa shape index (κ2) is 5.35. The molecule has 94 valence electrons. The van der Waals surface area contributed by atoms with Crippen molar-refractivity contribution >= 4 is 5.97 Å². The van der Waals surface area contributed by atoms with Crippen LogP contribution in [0.3, 0.4) is 0 Å². The summed E-state index contributed by atoms with van der Waals surface area (Å²) in [4.78, 5) is 11.7. The molecule has 0 saturated carbocycles. The molecule has 2 rings (SSSR count). The SMILES string of the molecule is CCOC(=O)c1ccnn1-c1ccc(OC)cc1. The molecule has 5 heteroatoms. The van der Waals surface area contributed by atoms with Gasteiger partial charge in [0.05, 0.1) is 25.6 Å². The summed E-state index contributed by atoms with van der Waals surface area (Å²) in [6, 6.07) is 8.91. The lowest BCUT2D eigenvalue weighted by atomic mass is 10.3. The number of hydrogen-bond acceptors (Lipinski definition) is 4. The molecule has 0 aliphatic carbocycles. The molecule has 0 fully saturated rings. The molecule has 5 nitrogen and oxygen atoms in total. The third-order valence-electron chi connectivity index (χ3n) is 2.44. The molecule has 0 amide bonds. The maximum atomic E-state index is 11.7. The molecule has 0 saturated heterocycles. The minimum Gasteiger partial charge on any atom is -0.497 e. The van der Waals surface area contributed by atoms with Gasteiger partial charge in [-0.15, -0.1) is 0 Å². The van der Waals surface area contributed by atoms with Gasteiger partial charge >= 0.3 is 5.97 Å². The van der Waals surface area contributed by atoms with Gasteiger partial charge in [0.25, 0.3) is 0 Å². The van der Waals surface area contributed by atoms with Gasteiger partial charge in [0, 0.05) is 0 Å². The lowest BCUT2D eigenvalue weighted by Crippen LogP contribution is -2.11. The standard InChI is InChI=1S/C13H14N2O3/c1-3-18-13(16)12-8-9-14-15(12)10-4-6-11(17-2)7-5-10/h4-9H,3H2,1-2H3. The number of carbonyl (C=O) groups is 1. The first kappa shape index (κ1) is 12.2. The van der Waals surface area contributed by atoms with E-state index in [4.69, 9.17) is 9.47 Å². The summed E-state index contributed by atoms with van der Waals surface area (Å²) < 4.78 is 11.6. The number of rotatable bonds is 4. The number of benzene rings is 1. The third-order valence-corrected chi connectivity index (χ3v) is 2.44. The number of ether oxygens (including phenoxy) is 2. The van der Waals surface area contributed by atoms with E-state index in [1.165, 1.54) is 4.68 Å². The van der Waals surface area contributed by atoms with Gasteiger partial charge in [-0.25, -0.2) is 9.48 Å². The van der Waals surface area contributed by atoms with E-state index >= 15 is 0 Å². The first-order valence-corrected chi connectivity index (χ1v) is 5.62. The number of nitrogens with zero attached hydrogens (tertiary/aromatic N) is 2. The number of hydrogen-bond donors (Lipinski definition) is 0. The van der Waals surface area contributed by atoms with E-state index in [0.717, 1.165) is 11.4 Å². The van der Waals surface area contributed by atoms with E-state index in [1.807, 2.05) is 24.3 Å². The van der Waals surface area contributed by atoms with Crippen LogP contribution in [0.2, 0.25) is 0 Å².